The Bertz CT molecular complexity index is 7950. The highest BCUT2D eigenvalue weighted by molar-refractivity contribution is 6.18. The van der Waals surface area contributed by atoms with Gasteiger partial charge in [0.15, 0.2) is 24.8 Å². The standard InChI is InChI=1S/C27H26NO.C26H24NO.2C25H22NO/c1-17(2)13-19-11-12-28(4)24(14-19)26-18(3)9-10-22-23-15-20-7-5-6-8-21(20)16-25(23)29-27(22)26;1-15-11-22(27(5)14-18(15)4)25-17(3)10-16(2)24-21-12-19-8-6-7-9-20(19)13-23(21)28-26(24)25;1-15-9-10-21(26(4)14-15)24-17(3)11-16(2)23-20-12-18-7-5-6-8-19(18)13-22(20)27-25(23)24;1-15-9-10-26(4)21(11-15)24-17(3)12-16(2)23-20-13-18-7-5-6-8-19(18)14-22(20)27-25(23)24/h5-12,14-17H,13H2,1-4H3;6-14H,1-5H3;2*5-14H,1-4H3/q4*+1/i13D2;2D3,4D3;1D3,2D3;2D3. The van der Waals surface area contributed by atoms with Gasteiger partial charge in [0.05, 0.1) is 22.3 Å². The second kappa shape index (κ2) is 28.2. The van der Waals surface area contributed by atoms with Crippen LogP contribution in [-0.4, -0.2) is 0 Å². The van der Waals surface area contributed by atoms with Gasteiger partial charge in [0, 0.05) is 114 Å². The van der Waals surface area contributed by atoms with Crippen LogP contribution in [-0.2, 0) is 34.6 Å². The first-order valence-electron chi connectivity index (χ1n) is 45.8. The van der Waals surface area contributed by atoms with Gasteiger partial charge >= 0.3 is 0 Å². The maximum atomic E-state index is 8.57. The number of nitrogens with zero attached hydrogens (tertiary/aromatic N) is 4. The van der Waals surface area contributed by atoms with E-state index in [1.165, 1.54) is 5.39 Å². The molecule has 8 nitrogen and oxygen atoms in total. The number of pyridine rings is 4. The van der Waals surface area contributed by atoms with E-state index in [-0.39, 0.29) is 28.2 Å². The zero-order valence-electron chi connectivity index (χ0n) is 81.1. The van der Waals surface area contributed by atoms with Crippen LogP contribution in [0.2, 0.25) is 0 Å². The van der Waals surface area contributed by atoms with Crippen LogP contribution in [0, 0.1) is 81.7 Å². The molecule has 0 aliphatic heterocycles. The van der Waals surface area contributed by atoms with Crippen molar-refractivity contribution in [2.24, 2.45) is 34.1 Å². The van der Waals surface area contributed by atoms with Crippen molar-refractivity contribution in [3.05, 3.63) is 310 Å². The Kier molecular flexibility index (Phi) is 13.7. The first-order chi connectivity index (χ1) is 60.3. The molecule has 8 heteroatoms. The van der Waals surface area contributed by atoms with Crippen LogP contribution in [0.4, 0.5) is 0 Å². The lowest BCUT2D eigenvalue weighted by molar-refractivity contribution is -0.660. The van der Waals surface area contributed by atoms with E-state index in [2.05, 4.69) is 68.4 Å². The summed E-state index contributed by atoms with van der Waals surface area (Å²) in [5.41, 5.74) is 19.5. The highest BCUT2D eigenvalue weighted by atomic mass is 16.3. The Morgan fingerprint density at radius 1 is 0.297 bits per heavy atom. The summed E-state index contributed by atoms with van der Waals surface area (Å²) in [5, 5.41) is 14.8. The lowest BCUT2D eigenvalue weighted by Gasteiger charge is -2.09. The van der Waals surface area contributed by atoms with Gasteiger partial charge < -0.3 is 17.7 Å². The number of rotatable bonds is 6. The molecule has 0 saturated carbocycles. The highest BCUT2D eigenvalue weighted by Crippen LogP contribution is 2.45. The lowest BCUT2D eigenvalue weighted by atomic mass is 9.95. The van der Waals surface area contributed by atoms with E-state index >= 15 is 0 Å². The molecule has 0 radical (unpaired) electrons. The Morgan fingerprint density at radius 3 is 1.13 bits per heavy atom. The van der Waals surface area contributed by atoms with E-state index in [4.69, 9.17) is 41.0 Å². The monoisotopic (exact) mass is 1470 g/mol. The number of fused-ring (bicyclic) bond motifs is 16. The summed E-state index contributed by atoms with van der Waals surface area (Å²) >= 11 is 0. The van der Waals surface area contributed by atoms with Crippen molar-refractivity contribution in [1.82, 2.24) is 0 Å². The van der Waals surface area contributed by atoms with Gasteiger partial charge in [-0.25, -0.2) is 18.3 Å². The molecule has 12 aromatic carbocycles. The van der Waals surface area contributed by atoms with E-state index < -0.39 is 40.6 Å². The van der Waals surface area contributed by atoms with Crippen LogP contribution in [0.5, 0.6) is 0 Å². The molecular weight excluding hydrogens is 1360 g/mol. The molecule has 0 saturated heterocycles. The summed E-state index contributed by atoms with van der Waals surface area (Å²) in [6.45, 7) is 4.09. The van der Waals surface area contributed by atoms with Crippen molar-refractivity contribution in [3.63, 3.8) is 0 Å². The molecule has 8 aromatic heterocycles. The molecule has 546 valence electrons. The largest absolute Gasteiger partial charge is 0.455 e. The normalized spacial score (nSPS) is 14.7. The van der Waals surface area contributed by atoms with Crippen LogP contribution in [0.15, 0.2) is 261 Å². The molecule has 8 heterocycles. The van der Waals surface area contributed by atoms with Crippen LogP contribution in [0.25, 0.3) is 176 Å². The van der Waals surface area contributed by atoms with Crippen molar-refractivity contribution in [2.45, 2.75) is 96.0 Å². The number of aromatic nitrogens is 4. The minimum Gasteiger partial charge on any atom is -0.455 e. The number of furan rings is 4. The second-order valence-corrected chi connectivity index (χ2v) is 30.0. The van der Waals surface area contributed by atoms with Crippen molar-refractivity contribution >= 4 is 131 Å². The number of benzene rings is 12. The van der Waals surface area contributed by atoms with Crippen LogP contribution < -0.4 is 18.3 Å². The third kappa shape index (κ3) is 12.8. The number of hydrogen-bond donors (Lipinski definition) is 0. The van der Waals surface area contributed by atoms with E-state index in [9.17, 15) is 0 Å². The minimum absolute atomic E-state index is 0.122. The molecule has 0 fully saturated rings. The summed E-state index contributed by atoms with van der Waals surface area (Å²) in [5.74, 6) is -0.122. The molecule has 20 rings (SSSR count). The molecule has 0 bridgehead atoms. The average molecular weight is 1470 g/mol. The van der Waals surface area contributed by atoms with Gasteiger partial charge in [0.25, 0.3) is 0 Å². The average Bonchev–Trinajstić information content (AvgIpc) is 1.68. The Labute approximate surface area is 672 Å². The van der Waals surface area contributed by atoms with Crippen molar-refractivity contribution < 1.29 is 59.2 Å². The van der Waals surface area contributed by atoms with Crippen LogP contribution in [0.1, 0.15) is 104 Å². The van der Waals surface area contributed by atoms with Crippen LogP contribution >= 0.6 is 0 Å². The number of aryl methyl sites for hydroxylation is 15. The van der Waals surface area contributed by atoms with Gasteiger partial charge in [-0.1, -0.05) is 141 Å². The van der Waals surface area contributed by atoms with Gasteiger partial charge in [-0.2, -0.15) is 0 Å². The van der Waals surface area contributed by atoms with Crippen molar-refractivity contribution in [3.8, 4) is 45.0 Å². The van der Waals surface area contributed by atoms with E-state index in [1.54, 1.807) is 72.9 Å². The smallest absolute Gasteiger partial charge is 0.216 e. The quantitative estimate of drug-likeness (QED) is 0.156. The zero-order valence-corrected chi connectivity index (χ0v) is 64.1. The number of hydrogen-bond acceptors (Lipinski definition) is 4. The third-order valence-electron chi connectivity index (χ3n) is 21.7. The Morgan fingerprint density at radius 2 is 0.685 bits per heavy atom. The fourth-order valence-electron chi connectivity index (χ4n) is 16.2. The highest BCUT2D eigenvalue weighted by Gasteiger charge is 2.28. The summed E-state index contributed by atoms with van der Waals surface area (Å²) in [4.78, 5) is 0. The van der Waals surface area contributed by atoms with Gasteiger partial charge in [0.1, 0.15) is 72.9 Å². The van der Waals surface area contributed by atoms with Crippen LogP contribution in [0.3, 0.4) is 0 Å². The maximum absolute atomic E-state index is 8.57. The second-order valence-electron chi connectivity index (χ2n) is 30.0. The molecule has 0 spiro atoms. The fraction of sp³-hybridized carbons (Fsp3) is 0.184. The molecule has 0 N–H and O–H groups in total. The van der Waals surface area contributed by atoms with Gasteiger partial charge in [-0.15, -0.1) is 0 Å². The maximum Gasteiger partial charge on any atom is 0.216 e. The third-order valence-corrected chi connectivity index (χ3v) is 21.7. The SMILES string of the molecule is [2H]C([2H])([2H])c1c[n+](C)c(-c2c(C)cc(C([2H])([2H])[2H])c3c2oc2cc4ccccc4cc23)cc1C.[2H]C([2H])([2H])c1cc(C)c(-c2cc(C)cc[n+]2C)c2oc3cc4ccccc4cc3c12.[2H]C([2H])([2H])c1ccc(-c2c(C)cc(C([2H])([2H])[2H])c3c2oc2cc4ccccc4cc23)[n+](C)c1.[2H]C([2H])(c1cc[n+](C)c(-c2c(C)ccc3c2oc2cc4ccccc4cc23)c1)C(C)C. The first-order valence-corrected chi connectivity index (χ1v) is 37.3. The lowest BCUT2D eigenvalue weighted by Crippen LogP contribution is -2.31. The van der Waals surface area contributed by atoms with E-state index in [0.717, 1.165) is 149 Å². The Hall–Kier alpha value is -12.5. The fourth-order valence-corrected chi connectivity index (χ4v) is 16.2. The molecule has 0 amide bonds. The van der Waals surface area contributed by atoms with Gasteiger partial charge in [-0.3, -0.25) is 0 Å². The predicted molar refractivity (Wildman–Crippen MR) is 462 cm³/mol. The summed E-state index contributed by atoms with van der Waals surface area (Å²) in [6.07, 6.45) is 5.76. The molecule has 0 unspecified atom stereocenters. The molecule has 0 atom stereocenters. The molecule has 111 heavy (non-hydrogen) atoms. The van der Waals surface area contributed by atoms with Gasteiger partial charge in [-0.05, 0) is 241 Å². The van der Waals surface area contributed by atoms with Gasteiger partial charge in [0.2, 0.25) is 22.8 Å². The van der Waals surface area contributed by atoms with E-state index in [1.807, 2.05) is 204 Å². The predicted octanol–water partition coefficient (Wildman–Crippen LogP) is 25.5. The van der Waals surface area contributed by atoms with Crippen molar-refractivity contribution in [2.75, 3.05) is 0 Å². The molecule has 20 aromatic rings. The topological polar surface area (TPSA) is 68.1 Å². The summed E-state index contributed by atoms with van der Waals surface area (Å²) < 4.78 is 171. The Balaban J connectivity index is 0.000000120. The molecule has 0 aliphatic rings. The summed E-state index contributed by atoms with van der Waals surface area (Å²) in [7, 11) is 7.57. The summed E-state index contributed by atoms with van der Waals surface area (Å²) in [6, 6.07) is 71.0. The van der Waals surface area contributed by atoms with E-state index in [0.29, 0.717) is 66.3 Å². The minimum atomic E-state index is -2.33. The first kappa shape index (κ1) is 54.1. The van der Waals surface area contributed by atoms with Crippen molar-refractivity contribution in [1.29, 1.82) is 0 Å². The molecule has 0 aliphatic carbocycles. The molecular formula is C103H94N4O4+4. The zero-order chi connectivity index (χ0) is 91.4.